The molecule has 0 spiro atoms. The van der Waals surface area contributed by atoms with E-state index >= 15 is 0 Å². The summed E-state index contributed by atoms with van der Waals surface area (Å²) in [4.78, 5) is 6.86. The van der Waals surface area contributed by atoms with Crippen molar-refractivity contribution in [1.29, 1.82) is 0 Å². The predicted molar refractivity (Wildman–Crippen MR) is 74.8 cm³/mol. The fourth-order valence-corrected chi connectivity index (χ4v) is 2.69. The van der Waals surface area contributed by atoms with Gasteiger partial charge in [-0.15, -0.1) is 5.10 Å². The van der Waals surface area contributed by atoms with Crippen LogP contribution in [0, 0.1) is 0 Å². The van der Waals surface area contributed by atoms with Gasteiger partial charge in [-0.2, -0.15) is 4.98 Å². The molecule has 0 bridgehead atoms. The molecule has 3 rings (SSSR count). The molecule has 0 radical (unpaired) electrons. The lowest BCUT2D eigenvalue weighted by Crippen LogP contribution is -2.36. The lowest BCUT2D eigenvalue weighted by atomic mass is 10.1. The van der Waals surface area contributed by atoms with Gasteiger partial charge in [0.25, 0.3) is 0 Å². The predicted octanol–water partition coefficient (Wildman–Crippen LogP) is 2.00. The van der Waals surface area contributed by atoms with Crippen molar-refractivity contribution in [2.75, 3.05) is 25.5 Å². The Bertz CT molecular complexity index is 544. The van der Waals surface area contributed by atoms with Gasteiger partial charge in [0.2, 0.25) is 5.95 Å². The zero-order valence-electron chi connectivity index (χ0n) is 10.3. The van der Waals surface area contributed by atoms with Gasteiger partial charge in [-0.05, 0) is 61.0 Å². The van der Waals surface area contributed by atoms with E-state index in [1.54, 1.807) is 4.52 Å². The van der Waals surface area contributed by atoms with Crippen molar-refractivity contribution in [3.05, 3.63) is 22.8 Å². The second kappa shape index (κ2) is 4.85. The molecular formula is C12H16BrN5. The van der Waals surface area contributed by atoms with Crippen molar-refractivity contribution in [1.82, 2.24) is 19.5 Å². The highest BCUT2D eigenvalue weighted by molar-refractivity contribution is 9.10. The van der Waals surface area contributed by atoms with Gasteiger partial charge in [0, 0.05) is 12.2 Å². The first-order valence-electron chi connectivity index (χ1n) is 6.18. The molecule has 2 aromatic rings. The topological polar surface area (TPSA) is 45.5 Å². The molecular weight excluding hydrogens is 294 g/mol. The molecule has 0 saturated carbocycles. The first-order valence-corrected chi connectivity index (χ1v) is 6.97. The van der Waals surface area contributed by atoms with E-state index in [4.69, 9.17) is 0 Å². The van der Waals surface area contributed by atoms with Crippen LogP contribution in [0.5, 0.6) is 0 Å². The third kappa shape index (κ3) is 2.35. The van der Waals surface area contributed by atoms with Gasteiger partial charge in [-0.25, -0.2) is 4.52 Å². The molecule has 0 aromatic carbocycles. The Balaban J connectivity index is 1.77. The van der Waals surface area contributed by atoms with E-state index in [2.05, 4.69) is 43.3 Å². The summed E-state index contributed by atoms with van der Waals surface area (Å²) in [6.07, 6.45) is 4.20. The highest BCUT2D eigenvalue weighted by atomic mass is 79.9. The highest BCUT2D eigenvalue weighted by Crippen LogP contribution is 2.18. The largest absolute Gasteiger partial charge is 0.350 e. The summed E-state index contributed by atoms with van der Waals surface area (Å²) in [5.74, 6) is 0.719. The smallest absolute Gasteiger partial charge is 0.243 e. The van der Waals surface area contributed by atoms with Crippen molar-refractivity contribution in [3.8, 4) is 0 Å². The molecule has 5 nitrogen and oxygen atoms in total. The maximum Gasteiger partial charge on any atom is 0.243 e. The second-order valence-electron chi connectivity index (χ2n) is 4.78. The first kappa shape index (κ1) is 11.9. The van der Waals surface area contributed by atoms with E-state index in [9.17, 15) is 0 Å². The zero-order chi connectivity index (χ0) is 12.5. The number of likely N-dealkylation sites (tertiary alicyclic amines) is 1. The monoisotopic (exact) mass is 309 g/mol. The fraction of sp³-hybridized carbons (Fsp3) is 0.500. The van der Waals surface area contributed by atoms with Gasteiger partial charge < -0.3 is 10.2 Å². The Morgan fingerprint density at radius 2 is 2.17 bits per heavy atom. The Kier molecular flexibility index (Phi) is 3.22. The van der Waals surface area contributed by atoms with Crippen LogP contribution in [-0.4, -0.2) is 45.7 Å². The van der Waals surface area contributed by atoms with E-state index in [0.29, 0.717) is 6.04 Å². The van der Waals surface area contributed by atoms with Crippen LogP contribution >= 0.6 is 15.9 Å². The second-order valence-corrected chi connectivity index (χ2v) is 5.64. The number of fused-ring (bicyclic) bond motifs is 1. The molecule has 0 unspecified atom stereocenters. The quantitative estimate of drug-likeness (QED) is 0.921. The minimum absolute atomic E-state index is 0.484. The summed E-state index contributed by atoms with van der Waals surface area (Å²) < 4.78 is 2.76. The number of piperidine rings is 1. The molecule has 0 amide bonds. The lowest BCUT2D eigenvalue weighted by Gasteiger charge is -2.28. The number of hydrogen-bond acceptors (Lipinski definition) is 4. The summed E-state index contributed by atoms with van der Waals surface area (Å²) in [5.41, 5.74) is 0.855. The van der Waals surface area contributed by atoms with Crippen LogP contribution < -0.4 is 5.32 Å². The molecule has 1 saturated heterocycles. The number of pyridine rings is 1. The number of rotatable bonds is 2. The van der Waals surface area contributed by atoms with Crippen LogP contribution in [0.3, 0.4) is 0 Å². The summed E-state index contributed by atoms with van der Waals surface area (Å²) >= 11 is 3.49. The standard InChI is InChI=1S/C12H16BrN5/c1-17-7-4-9(5-8-17)14-12-15-11-10(13)3-2-6-18(11)16-12/h2-3,6,9H,4-5,7-8H2,1H3,(H,14,16). The minimum Gasteiger partial charge on any atom is -0.350 e. The molecule has 0 aliphatic carbocycles. The normalized spacial score (nSPS) is 18.3. The van der Waals surface area contributed by atoms with Gasteiger partial charge in [0.05, 0.1) is 4.47 Å². The average Bonchev–Trinajstić information content (AvgIpc) is 2.76. The Morgan fingerprint density at radius 1 is 1.39 bits per heavy atom. The van der Waals surface area contributed by atoms with Crippen LogP contribution in [-0.2, 0) is 0 Å². The van der Waals surface area contributed by atoms with E-state index < -0.39 is 0 Å². The molecule has 1 aliphatic rings. The molecule has 2 aromatic heterocycles. The van der Waals surface area contributed by atoms with Crippen LogP contribution in [0.15, 0.2) is 22.8 Å². The molecule has 96 valence electrons. The Morgan fingerprint density at radius 3 is 2.89 bits per heavy atom. The van der Waals surface area contributed by atoms with Gasteiger partial charge >= 0.3 is 0 Å². The van der Waals surface area contributed by atoms with E-state index in [1.807, 2.05) is 18.3 Å². The maximum absolute atomic E-state index is 4.51. The van der Waals surface area contributed by atoms with Crippen LogP contribution in [0.25, 0.3) is 5.65 Å². The number of aromatic nitrogens is 3. The van der Waals surface area contributed by atoms with Crippen molar-refractivity contribution < 1.29 is 0 Å². The molecule has 0 atom stereocenters. The van der Waals surface area contributed by atoms with E-state index in [-0.39, 0.29) is 0 Å². The average molecular weight is 310 g/mol. The lowest BCUT2D eigenvalue weighted by molar-refractivity contribution is 0.263. The molecule has 1 N–H and O–H groups in total. The van der Waals surface area contributed by atoms with Gasteiger partial charge in [-0.1, -0.05) is 0 Å². The number of hydrogen-bond donors (Lipinski definition) is 1. The third-order valence-corrected chi connectivity index (χ3v) is 3.99. The van der Waals surface area contributed by atoms with Crippen molar-refractivity contribution in [3.63, 3.8) is 0 Å². The molecule has 18 heavy (non-hydrogen) atoms. The Labute approximate surface area is 114 Å². The Hall–Kier alpha value is -1.14. The van der Waals surface area contributed by atoms with Crippen molar-refractivity contribution in [2.24, 2.45) is 0 Å². The van der Waals surface area contributed by atoms with Crippen LogP contribution in [0.2, 0.25) is 0 Å². The molecule has 3 heterocycles. The zero-order valence-corrected chi connectivity index (χ0v) is 11.9. The summed E-state index contributed by atoms with van der Waals surface area (Å²) in [6, 6.07) is 4.41. The van der Waals surface area contributed by atoms with Crippen molar-refractivity contribution in [2.45, 2.75) is 18.9 Å². The number of anilines is 1. The number of nitrogens with zero attached hydrogens (tertiary/aromatic N) is 4. The third-order valence-electron chi connectivity index (χ3n) is 3.37. The molecule has 1 fully saturated rings. The summed E-state index contributed by atoms with van der Waals surface area (Å²) in [7, 11) is 2.16. The summed E-state index contributed by atoms with van der Waals surface area (Å²) in [5, 5.41) is 7.87. The highest BCUT2D eigenvalue weighted by Gasteiger charge is 2.18. The fourth-order valence-electron chi connectivity index (χ4n) is 2.27. The van der Waals surface area contributed by atoms with Crippen LogP contribution in [0.1, 0.15) is 12.8 Å². The molecule has 1 aliphatic heterocycles. The first-order chi connectivity index (χ1) is 8.72. The van der Waals surface area contributed by atoms with Gasteiger partial charge in [-0.3, -0.25) is 0 Å². The number of halogens is 1. The van der Waals surface area contributed by atoms with Gasteiger partial charge in [0.1, 0.15) is 0 Å². The van der Waals surface area contributed by atoms with Gasteiger partial charge in [0.15, 0.2) is 5.65 Å². The van der Waals surface area contributed by atoms with Crippen LogP contribution in [0.4, 0.5) is 5.95 Å². The number of nitrogens with one attached hydrogen (secondary N) is 1. The molecule has 6 heteroatoms. The van der Waals surface area contributed by atoms with E-state index in [0.717, 1.165) is 42.0 Å². The maximum atomic E-state index is 4.51. The van der Waals surface area contributed by atoms with Crippen molar-refractivity contribution >= 4 is 27.5 Å². The minimum atomic E-state index is 0.484. The summed E-state index contributed by atoms with van der Waals surface area (Å²) in [6.45, 7) is 2.27. The SMILES string of the molecule is CN1CCC(Nc2nc3c(Br)cccn3n2)CC1. The van der Waals surface area contributed by atoms with E-state index in [1.165, 1.54) is 0 Å².